The number of nitrogens with zero attached hydrogens (tertiary/aromatic N) is 12. The van der Waals surface area contributed by atoms with Crippen molar-refractivity contribution in [3.63, 3.8) is 0 Å². The average Bonchev–Trinajstić information content (AvgIpc) is 4.21. The molecule has 1 aromatic carbocycles. The Morgan fingerprint density at radius 1 is 0.408 bits per heavy atom. The van der Waals surface area contributed by atoms with Crippen molar-refractivity contribution < 1.29 is 52.6 Å². The Morgan fingerprint density at radius 3 is 1.11 bits per heavy atom. The predicted octanol–water partition coefficient (Wildman–Crippen LogP) is 3.27. The molecule has 9 rings (SSSR count). The topological polar surface area (TPSA) is 211 Å². The van der Waals surface area contributed by atoms with Gasteiger partial charge in [0, 0.05) is 78.5 Å². The minimum Gasteiger partial charge on any atom is -0.444 e. The summed E-state index contributed by atoms with van der Waals surface area (Å²) in [7, 11) is 0. The number of rotatable bonds is 6. The van der Waals surface area contributed by atoms with E-state index in [0.29, 0.717) is 103 Å². The van der Waals surface area contributed by atoms with Crippen LogP contribution in [0.2, 0.25) is 0 Å². The van der Waals surface area contributed by atoms with Gasteiger partial charge in [0.25, 0.3) is 23.6 Å². The molecule has 71 heavy (non-hydrogen) atoms. The molecule has 8 aliphatic heterocycles. The lowest BCUT2D eigenvalue weighted by molar-refractivity contribution is -0.148. The van der Waals surface area contributed by atoms with Crippen molar-refractivity contribution in [1.82, 2.24) is 59.7 Å². The van der Waals surface area contributed by atoms with Crippen LogP contribution in [0.25, 0.3) is 0 Å². The quantitative estimate of drug-likeness (QED) is 0.404. The van der Waals surface area contributed by atoms with Crippen LogP contribution in [-0.2, 0) is 35.3 Å². The summed E-state index contributed by atoms with van der Waals surface area (Å²) in [5.41, 5.74) is 0.0695. The lowest BCUT2D eigenvalue weighted by Gasteiger charge is -2.39. The number of hydrogen-bond donors (Lipinski definition) is 0. The standard InChI is InChI=1S/C48H68N12O11/c1-48(2,3)71-46(68)52-24-10-20-38(52)42(64)55-27-13-31-59(55)44(66)50-22-8-18-36(50)40(62)53-25-11-29-57(53)43(65)49-21-7-17-35(49)39(61)54-26-12-30-58(54)45(67)51-23-9-19-37(51)41(63)56-28-14-32-60(56)47(69)70-33-34-15-5-4-6-16-34/h4-6,15-16,35-38H,7-14,17-33H2,1-3H3/t35-,36-,37-,38-/m0/s1. The summed E-state index contributed by atoms with van der Waals surface area (Å²) < 4.78 is 11.1. The van der Waals surface area contributed by atoms with Gasteiger partial charge in [-0.15, -0.1) is 0 Å². The van der Waals surface area contributed by atoms with Crippen molar-refractivity contribution in [1.29, 1.82) is 0 Å². The molecule has 23 nitrogen and oxygen atoms in total. The smallest absolute Gasteiger partial charge is 0.429 e. The highest BCUT2D eigenvalue weighted by atomic mass is 16.6. The molecule has 0 spiro atoms. The third-order valence-electron chi connectivity index (χ3n) is 14.7. The number of hydrogen-bond acceptors (Lipinski definition) is 11. The molecule has 8 aliphatic rings. The van der Waals surface area contributed by atoms with Crippen LogP contribution < -0.4 is 0 Å². The summed E-state index contributed by atoms with van der Waals surface area (Å²) in [5, 5.41) is 11.0. The summed E-state index contributed by atoms with van der Waals surface area (Å²) in [4.78, 5) is 133. The average molecular weight is 989 g/mol. The van der Waals surface area contributed by atoms with E-state index < -0.39 is 71.9 Å². The normalized spacial score (nSPS) is 24.8. The number of carbonyl (C=O) groups is 9. The Morgan fingerprint density at radius 2 is 0.732 bits per heavy atom. The maximum Gasteiger partial charge on any atom is 0.429 e. The van der Waals surface area contributed by atoms with Crippen molar-refractivity contribution in [2.75, 3.05) is 78.5 Å². The van der Waals surface area contributed by atoms with Gasteiger partial charge in [-0.05, 0) is 103 Å². The second-order valence-corrected chi connectivity index (χ2v) is 20.5. The molecule has 12 amide bonds. The summed E-state index contributed by atoms with van der Waals surface area (Å²) in [5.74, 6) is -1.59. The number of urea groups is 3. The van der Waals surface area contributed by atoms with Crippen LogP contribution in [-0.4, -0.2) is 222 Å². The highest BCUT2D eigenvalue weighted by Gasteiger charge is 2.50. The van der Waals surface area contributed by atoms with E-state index in [1.807, 2.05) is 30.3 Å². The molecule has 0 bridgehead atoms. The van der Waals surface area contributed by atoms with Crippen LogP contribution in [0.4, 0.5) is 24.0 Å². The van der Waals surface area contributed by atoms with E-state index in [2.05, 4.69) is 0 Å². The molecule has 386 valence electrons. The lowest BCUT2D eigenvalue weighted by atomic mass is 10.2. The fraction of sp³-hybridized carbons (Fsp3) is 0.688. The molecule has 23 heteroatoms. The molecule has 0 radical (unpaired) electrons. The lowest BCUT2D eigenvalue weighted by Crippen LogP contribution is -2.61. The maximum atomic E-state index is 14.5. The molecule has 0 N–H and O–H groups in total. The molecule has 1 aromatic rings. The Kier molecular flexibility index (Phi) is 14.4. The summed E-state index contributed by atoms with van der Waals surface area (Å²) in [6.07, 6.45) is 4.66. The van der Waals surface area contributed by atoms with Gasteiger partial charge in [0.1, 0.15) is 36.4 Å². The first-order valence-corrected chi connectivity index (χ1v) is 25.6. The van der Waals surface area contributed by atoms with E-state index in [0.717, 1.165) is 5.56 Å². The van der Waals surface area contributed by atoms with Gasteiger partial charge in [0.05, 0.1) is 0 Å². The summed E-state index contributed by atoms with van der Waals surface area (Å²) >= 11 is 0. The van der Waals surface area contributed by atoms with Crippen LogP contribution in [0, 0.1) is 0 Å². The van der Waals surface area contributed by atoms with Gasteiger partial charge in [-0.25, -0.2) is 64.0 Å². The van der Waals surface area contributed by atoms with Crippen molar-refractivity contribution in [2.45, 2.75) is 134 Å². The molecule has 0 saturated carbocycles. The van der Waals surface area contributed by atoms with Crippen LogP contribution in [0.3, 0.4) is 0 Å². The zero-order valence-electron chi connectivity index (χ0n) is 41.2. The van der Waals surface area contributed by atoms with Crippen LogP contribution in [0.1, 0.15) is 103 Å². The van der Waals surface area contributed by atoms with Crippen molar-refractivity contribution in [2.24, 2.45) is 0 Å². The Balaban J connectivity index is 0.819. The molecule has 8 fully saturated rings. The molecular formula is C48H68N12O11. The minimum atomic E-state index is -0.904. The van der Waals surface area contributed by atoms with Crippen LogP contribution in [0.15, 0.2) is 30.3 Å². The van der Waals surface area contributed by atoms with Gasteiger partial charge >= 0.3 is 30.3 Å². The maximum absolute atomic E-state index is 14.5. The number of ether oxygens (including phenoxy) is 2. The number of hydrazine groups is 4. The molecule has 0 aliphatic carbocycles. The fourth-order valence-electron chi connectivity index (χ4n) is 11.4. The minimum absolute atomic E-state index is 0.0516. The number of carbonyl (C=O) groups excluding carboxylic acids is 9. The monoisotopic (exact) mass is 989 g/mol. The molecule has 8 saturated heterocycles. The van der Waals surface area contributed by atoms with E-state index >= 15 is 0 Å². The third kappa shape index (κ3) is 9.92. The summed E-state index contributed by atoms with van der Waals surface area (Å²) in [6, 6.07) is 4.35. The molecule has 4 atom stereocenters. The van der Waals surface area contributed by atoms with Crippen molar-refractivity contribution in [3.8, 4) is 0 Å². The number of likely N-dealkylation sites (tertiary alicyclic amines) is 4. The zero-order valence-corrected chi connectivity index (χ0v) is 41.2. The number of benzene rings is 1. The summed E-state index contributed by atoms with van der Waals surface area (Å²) in [6.45, 7) is 8.64. The molecule has 0 aromatic heterocycles. The highest BCUT2D eigenvalue weighted by molar-refractivity contribution is 5.94. The Bertz CT molecular complexity index is 2250. The third-order valence-corrected chi connectivity index (χ3v) is 14.7. The van der Waals surface area contributed by atoms with Gasteiger partial charge in [0.15, 0.2) is 0 Å². The second kappa shape index (κ2) is 20.7. The first-order valence-electron chi connectivity index (χ1n) is 25.6. The Labute approximate surface area is 413 Å². The predicted molar refractivity (Wildman–Crippen MR) is 250 cm³/mol. The van der Waals surface area contributed by atoms with Crippen molar-refractivity contribution in [3.05, 3.63) is 35.9 Å². The first-order chi connectivity index (χ1) is 34.1. The Hall–Kier alpha value is -6.55. The SMILES string of the molecule is CC(C)(C)OC(=O)N1CCC[C@H]1C(=O)N1CCCN1C(=O)N1CCC[C@H]1C(=O)N1CCCN1C(=O)N1CCC[C@H]1C(=O)N1CCCN1C(=O)N1CCC[C@H]1C(=O)N1CCCN1C(=O)OCc1ccccc1. The first kappa shape index (κ1) is 49.4. The number of amides is 12. The highest BCUT2D eigenvalue weighted by Crippen LogP contribution is 2.32. The van der Waals surface area contributed by atoms with Crippen molar-refractivity contribution >= 4 is 53.9 Å². The van der Waals surface area contributed by atoms with Gasteiger partial charge in [-0.3, -0.25) is 24.1 Å². The fourth-order valence-corrected chi connectivity index (χ4v) is 11.4. The molecule has 0 unspecified atom stereocenters. The van der Waals surface area contributed by atoms with Crippen LogP contribution in [0.5, 0.6) is 0 Å². The zero-order chi connectivity index (χ0) is 50.1. The molecule has 8 heterocycles. The van der Waals surface area contributed by atoms with Gasteiger partial charge in [0.2, 0.25) is 0 Å². The second-order valence-electron chi connectivity index (χ2n) is 20.5. The van der Waals surface area contributed by atoms with Gasteiger partial charge in [-0.1, -0.05) is 30.3 Å². The van der Waals surface area contributed by atoms with E-state index in [4.69, 9.17) is 9.47 Å². The van der Waals surface area contributed by atoms with Gasteiger partial charge in [-0.2, -0.15) is 0 Å². The largest absolute Gasteiger partial charge is 0.444 e. The van der Waals surface area contributed by atoms with E-state index in [1.54, 1.807) is 20.8 Å². The molecular weight excluding hydrogens is 921 g/mol. The van der Waals surface area contributed by atoms with E-state index in [-0.39, 0.29) is 70.8 Å². The van der Waals surface area contributed by atoms with Gasteiger partial charge < -0.3 is 24.2 Å². The van der Waals surface area contributed by atoms with E-state index in [1.165, 1.54) is 59.7 Å². The van der Waals surface area contributed by atoms with E-state index in [9.17, 15) is 43.2 Å². The van der Waals surface area contributed by atoms with Crippen LogP contribution >= 0.6 is 0 Å².